The molecule has 4 aromatic rings. The number of methoxy groups -OCH3 is 1. The second kappa shape index (κ2) is 10.3. The summed E-state index contributed by atoms with van der Waals surface area (Å²) in [6, 6.07) is 26.8. The molecule has 1 amide bonds. The van der Waals surface area contributed by atoms with Gasteiger partial charge < -0.3 is 4.74 Å². The summed E-state index contributed by atoms with van der Waals surface area (Å²) < 4.78 is 36.1. The zero-order valence-corrected chi connectivity index (χ0v) is 23.7. The zero-order valence-electron chi connectivity index (χ0n) is 22.1. The molecule has 0 radical (unpaired) electrons. The van der Waals surface area contributed by atoms with E-state index in [4.69, 9.17) is 16.3 Å². The predicted octanol–water partition coefficient (Wildman–Crippen LogP) is 5.98. The van der Waals surface area contributed by atoms with Crippen LogP contribution in [0.4, 0.5) is 5.69 Å². The number of hydrazine groups is 1. The van der Waals surface area contributed by atoms with Crippen LogP contribution >= 0.6 is 11.6 Å². The number of halogens is 1. The SMILES string of the molecule is COc1ccc2c(c1)CN(C(=O)c1ccc(Cl)cc1)N1CCc3ccccc3C1N2S(=O)(=O)c1ccc(C)cc1. The third kappa shape index (κ3) is 4.52. The van der Waals surface area contributed by atoms with Gasteiger partial charge in [0, 0.05) is 22.7 Å². The molecule has 204 valence electrons. The Labute approximate surface area is 239 Å². The van der Waals surface area contributed by atoms with Crippen molar-refractivity contribution in [1.29, 1.82) is 0 Å². The maximum absolute atomic E-state index is 14.6. The maximum Gasteiger partial charge on any atom is 0.268 e. The lowest BCUT2D eigenvalue weighted by Crippen LogP contribution is -2.54. The summed E-state index contributed by atoms with van der Waals surface area (Å²) in [5.41, 5.74) is 4.46. The van der Waals surface area contributed by atoms with Crippen molar-refractivity contribution in [3.63, 3.8) is 0 Å². The number of ether oxygens (including phenoxy) is 1. The topological polar surface area (TPSA) is 70.2 Å². The van der Waals surface area contributed by atoms with Gasteiger partial charge in [0.15, 0.2) is 0 Å². The van der Waals surface area contributed by atoms with Crippen LogP contribution in [0.3, 0.4) is 0 Å². The van der Waals surface area contributed by atoms with E-state index in [1.54, 1.807) is 78.8 Å². The van der Waals surface area contributed by atoms with Gasteiger partial charge in [-0.1, -0.05) is 53.6 Å². The summed E-state index contributed by atoms with van der Waals surface area (Å²) in [7, 11) is -2.51. The molecule has 40 heavy (non-hydrogen) atoms. The van der Waals surface area contributed by atoms with Gasteiger partial charge >= 0.3 is 0 Å². The van der Waals surface area contributed by atoms with Crippen LogP contribution in [0.25, 0.3) is 0 Å². The summed E-state index contributed by atoms with van der Waals surface area (Å²) in [6.07, 6.45) is -0.128. The van der Waals surface area contributed by atoms with Gasteiger partial charge in [-0.3, -0.25) is 9.80 Å². The standard InChI is InChI=1S/C31H28ClN3O4S/c1-21-7-14-27(15-8-21)40(37,38)35-29-16-13-26(39-2)19-24(29)20-34(31(36)23-9-11-25(32)12-10-23)33-18-17-22-5-3-4-6-28(22)30(33)35/h3-16,19,30H,17-18,20H2,1-2H3. The van der Waals surface area contributed by atoms with Crippen molar-refractivity contribution in [3.8, 4) is 5.75 Å². The number of rotatable bonds is 4. The molecule has 2 aliphatic rings. The molecule has 0 saturated heterocycles. The molecular weight excluding hydrogens is 546 g/mol. The van der Waals surface area contributed by atoms with Crippen LogP contribution in [0.1, 0.15) is 38.8 Å². The first kappa shape index (κ1) is 26.4. The van der Waals surface area contributed by atoms with Crippen molar-refractivity contribution in [2.24, 2.45) is 0 Å². The van der Waals surface area contributed by atoms with E-state index in [1.807, 2.05) is 36.2 Å². The average molecular weight is 574 g/mol. The van der Waals surface area contributed by atoms with Crippen molar-refractivity contribution in [1.82, 2.24) is 10.0 Å². The Bertz CT molecular complexity index is 1690. The molecule has 1 unspecified atom stereocenters. The number of nitrogens with zero attached hydrogens (tertiary/aromatic N) is 3. The van der Waals surface area contributed by atoms with Gasteiger partial charge in [0.25, 0.3) is 15.9 Å². The van der Waals surface area contributed by atoms with Gasteiger partial charge in [-0.15, -0.1) is 0 Å². The van der Waals surface area contributed by atoms with Crippen molar-refractivity contribution < 1.29 is 17.9 Å². The molecule has 2 heterocycles. The molecule has 6 rings (SSSR count). The quantitative estimate of drug-likeness (QED) is 0.300. The normalized spacial score (nSPS) is 16.9. The fraction of sp³-hybridized carbons (Fsp3) is 0.194. The molecular formula is C31H28ClN3O4S. The minimum Gasteiger partial charge on any atom is -0.497 e. The van der Waals surface area contributed by atoms with Crippen LogP contribution in [-0.4, -0.2) is 38.0 Å². The minimum absolute atomic E-state index is 0.159. The summed E-state index contributed by atoms with van der Waals surface area (Å²) in [4.78, 5) is 14.3. The Hall–Kier alpha value is -3.85. The molecule has 4 aromatic carbocycles. The predicted molar refractivity (Wildman–Crippen MR) is 155 cm³/mol. The van der Waals surface area contributed by atoms with E-state index in [9.17, 15) is 13.2 Å². The maximum atomic E-state index is 14.6. The van der Waals surface area contributed by atoms with Crippen molar-refractivity contribution >= 4 is 33.2 Å². The van der Waals surface area contributed by atoms with Crippen molar-refractivity contribution in [3.05, 3.63) is 124 Å². The molecule has 0 aliphatic carbocycles. The van der Waals surface area contributed by atoms with Crippen LogP contribution in [0.5, 0.6) is 5.75 Å². The molecule has 9 heteroatoms. The van der Waals surface area contributed by atoms with Crippen LogP contribution in [0.15, 0.2) is 95.9 Å². The number of benzene rings is 4. The first-order chi connectivity index (χ1) is 19.3. The molecule has 0 N–H and O–H groups in total. The van der Waals surface area contributed by atoms with E-state index in [0.29, 0.717) is 40.6 Å². The first-order valence-corrected chi connectivity index (χ1v) is 14.8. The van der Waals surface area contributed by atoms with E-state index < -0.39 is 16.2 Å². The van der Waals surface area contributed by atoms with Gasteiger partial charge in [-0.05, 0) is 79.1 Å². The average Bonchev–Trinajstić information content (AvgIpc) is 3.12. The Morgan fingerprint density at radius 2 is 1.65 bits per heavy atom. The molecule has 0 bridgehead atoms. The van der Waals surface area contributed by atoms with Crippen LogP contribution in [0, 0.1) is 6.92 Å². The second-order valence-corrected chi connectivity index (χ2v) is 12.2. The Morgan fingerprint density at radius 3 is 2.38 bits per heavy atom. The second-order valence-electron chi connectivity index (χ2n) is 9.96. The van der Waals surface area contributed by atoms with E-state index in [1.165, 1.54) is 4.31 Å². The summed E-state index contributed by atoms with van der Waals surface area (Å²) >= 11 is 6.11. The fourth-order valence-electron chi connectivity index (χ4n) is 5.46. The van der Waals surface area contributed by atoms with Crippen LogP contribution in [-0.2, 0) is 23.0 Å². The van der Waals surface area contributed by atoms with Gasteiger partial charge in [0.05, 0.1) is 24.2 Å². The Kier molecular flexibility index (Phi) is 6.78. The highest BCUT2D eigenvalue weighted by atomic mass is 35.5. The molecule has 0 saturated carbocycles. The lowest BCUT2D eigenvalue weighted by Gasteiger charge is -2.45. The third-order valence-corrected chi connectivity index (χ3v) is 9.54. The molecule has 2 aliphatic heterocycles. The highest BCUT2D eigenvalue weighted by Gasteiger charge is 2.46. The highest BCUT2D eigenvalue weighted by molar-refractivity contribution is 7.92. The molecule has 0 fully saturated rings. The number of aryl methyl sites for hydroxylation is 1. The number of carbonyl (C=O) groups excluding carboxylic acids is 1. The number of hydrogen-bond acceptors (Lipinski definition) is 5. The number of carbonyl (C=O) groups is 1. The lowest BCUT2D eigenvalue weighted by atomic mass is 9.97. The van der Waals surface area contributed by atoms with Crippen LogP contribution in [0.2, 0.25) is 5.02 Å². The van der Waals surface area contributed by atoms with Crippen molar-refractivity contribution in [2.45, 2.75) is 31.0 Å². The smallest absolute Gasteiger partial charge is 0.268 e. The van der Waals surface area contributed by atoms with Crippen LogP contribution < -0.4 is 9.04 Å². The van der Waals surface area contributed by atoms with Gasteiger partial charge in [0.2, 0.25) is 0 Å². The first-order valence-electron chi connectivity index (χ1n) is 13.0. The third-order valence-electron chi connectivity index (χ3n) is 7.51. The number of fused-ring (bicyclic) bond motifs is 4. The summed E-state index contributed by atoms with van der Waals surface area (Å²) in [5, 5.41) is 4.08. The molecule has 7 nitrogen and oxygen atoms in total. The Morgan fingerprint density at radius 1 is 0.925 bits per heavy atom. The van der Waals surface area contributed by atoms with E-state index in [2.05, 4.69) is 0 Å². The highest BCUT2D eigenvalue weighted by Crippen LogP contribution is 2.45. The van der Waals surface area contributed by atoms with Gasteiger partial charge in [0.1, 0.15) is 11.9 Å². The fourth-order valence-corrected chi connectivity index (χ4v) is 7.22. The Balaban J connectivity index is 1.60. The number of amides is 1. The number of sulfonamides is 1. The summed E-state index contributed by atoms with van der Waals surface area (Å²) in [6.45, 7) is 2.53. The number of anilines is 1. The van der Waals surface area contributed by atoms with E-state index in [-0.39, 0.29) is 17.3 Å². The van der Waals surface area contributed by atoms with Crippen molar-refractivity contribution in [2.75, 3.05) is 18.0 Å². The monoisotopic (exact) mass is 573 g/mol. The zero-order chi connectivity index (χ0) is 28.0. The number of hydrogen-bond donors (Lipinski definition) is 0. The van der Waals surface area contributed by atoms with E-state index in [0.717, 1.165) is 16.7 Å². The van der Waals surface area contributed by atoms with Gasteiger partial charge in [-0.2, -0.15) is 5.01 Å². The largest absolute Gasteiger partial charge is 0.497 e. The molecule has 1 atom stereocenters. The lowest BCUT2D eigenvalue weighted by molar-refractivity contribution is -0.0435. The summed E-state index contributed by atoms with van der Waals surface area (Å²) in [5.74, 6) is 0.329. The van der Waals surface area contributed by atoms with Gasteiger partial charge in [-0.25, -0.2) is 12.7 Å². The molecule has 0 aromatic heterocycles. The molecule has 0 spiro atoms. The minimum atomic E-state index is -4.07. The van der Waals surface area contributed by atoms with E-state index >= 15 is 0 Å².